The van der Waals surface area contributed by atoms with Gasteiger partial charge in [0.25, 0.3) is 0 Å². The zero-order chi connectivity index (χ0) is 11.1. The number of hydrogen-bond acceptors (Lipinski definition) is 2. The molecule has 0 fully saturated rings. The fourth-order valence-corrected chi connectivity index (χ4v) is 2.15. The van der Waals surface area contributed by atoms with Gasteiger partial charge in [0.1, 0.15) is 6.04 Å². The molecule has 1 atom stereocenters. The monoisotopic (exact) mass is 205 g/mol. The van der Waals surface area contributed by atoms with Crippen LogP contribution >= 0.6 is 0 Å². The highest BCUT2D eigenvalue weighted by molar-refractivity contribution is 5.77. The number of benzene rings is 1. The lowest BCUT2D eigenvalue weighted by molar-refractivity contribution is -0.140. The van der Waals surface area contributed by atoms with Gasteiger partial charge in [-0.15, -0.1) is 0 Å². The van der Waals surface area contributed by atoms with Crippen LogP contribution in [-0.2, 0) is 10.2 Å². The fourth-order valence-electron chi connectivity index (χ4n) is 2.15. The second-order valence-corrected chi connectivity index (χ2v) is 4.62. The molecule has 0 saturated carbocycles. The van der Waals surface area contributed by atoms with Crippen LogP contribution in [0, 0.1) is 0 Å². The SMILES string of the molecule is CC1(C)CN[C@H](C(=O)O)c2ccccc21. The maximum absolute atomic E-state index is 11.1. The van der Waals surface area contributed by atoms with Crippen LogP contribution in [0.5, 0.6) is 0 Å². The van der Waals surface area contributed by atoms with Crippen LogP contribution in [0.1, 0.15) is 31.0 Å². The summed E-state index contributed by atoms with van der Waals surface area (Å²) < 4.78 is 0. The van der Waals surface area contributed by atoms with E-state index in [0.29, 0.717) is 6.54 Å². The molecule has 3 heteroatoms. The van der Waals surface area contributed by atoms with Crippen molar-refractivity contribution in [1.29, 1.82) is 0 Å². The summed E-state index contributed by atoms with van der Waals surface area (Å²) in [5.74, 6) is -0.807. The van der Waals surface area contributed by atoms with E-state index in [4.69, 9.17) is 5.11 Å². The maximum Gasteiger partial charge on any atom is 0.325 e. The van der Waals surface area contributed by atoms with E-state index in [-0.39, 0.29) is 5.41 Å². The van der Waals surface area contributed by atoms with Gasteiger partial charge in [0.05, 0.1) is 0 Å². The smallest absolute Gasteiger partial charge is 0.325 e. The number of aliphatic carboxylic acids is 1. The molecular weight excluding hydrogens is 190 g/mol. The minimum absolute atomic E-state index is 0.00252. The van der Waals surface area contributed by atoms with Crippen molar-refractivity contribution in [1.82, 2.24) is 5.32 Å². The average Bonchev–Trinajstić information content (AvgIpc) is 2.17. The quantitative estimate of drug-likeness (QED) is 0.733. The Morgan fingerprint density at radius 3 is 2.80 bits per heavy atom. The van der Waals surface area contributed by atoms with E-state index in [9.17, 15) is 4.79 Å². The van der Waals surface area contributed by atoms with Gasteiger partial charge < -0.3 is 5.11 Å². The van der Waals surface area contributed by atoms with Crippen molar-refractivity contribution in [3.05, 3.63) is 35.4 Å². The van der Waals surface area contributed by atoms with Crippen LogP contribution in [-0.4, -0.2) is 17.6 Å². The normalized spacial score (nSPS) is 23.2. The molecule has 1 aromatic carbocycles. The highest BCUT2D eigenvalue weighted by Crippen LogP contribution is 2.34. The molecule has 0 radical (unpaired) electrons. The maximum atomic E-state index is 11.1. The van der Waals surface area contributed by atoms with Gasteiger partial charge >= 0.3 is 5.97 Å². The number of nitrogens with one attached hydrogen (secondary N) is 1. The molecule has 0 aromatic heterocycles. The first kappa shape index (κ1) is 10.2. The summed E-state index contributed by atoms with van der Waals surface area (Å²) in [6, 6.07) is 7.20. The van der Waals surface area contributed by atoms with Crippen LogP contribution in [0.2, 0.25) is 0 Å². The standard InChI is InChI=1S/C12H15NO2/c1-12(2)7-13-10(11(14)15)8-5-3-4-6-9(8)12/h3-6,10,13H,7H2,1-2H3,(H,14,15)/t10-/m0/s1. The first-order valence-corrected chi connectivity index (χ1v) is 5.08. The third-order valence-electron chi connectivity index (χ3n) is 3.00. The zero-order valence-corrected chi connectivity index (χ0v) is 8.95. The molecule has 1 aliphatic heterocycles. The molecule has 80 valence electrons. The minimum Gasteiger partial charge on any atom is -0.480 e. The van der Waals surface area contributed by atoms with E-state index < -0.39 is 12.0 Å². The molecule has 0 amide bonds. The summed E-state index contributed by atoms with van der Waals surface area (Å²) in [5, 5.41) is 12.2. The van der Waals surface area contributed by atoms with Gasteiger partial charge in [0, 0.05) is 12.0 Å². The summed E-state index contributed by atoms with van der Waals surface area (Å²) in [5.41, 5.74) is 2.03. The largest absolute Gasteiger partial charge is 0.480 e. The van der Waals surface area contributed by atoms with Crippen molar-refractivity contribution in [2.75, 3.05) is 6.54 Å². The van der Waals surface area contributed by atoms with Crippen LogP contribution in [0.4, 0.5) is 0 Å². The third-order valence-corrected chi connectivity index (χ3v) is 3.00. The Labute approximate surface area is 89.1 Å². The van der Waals surface area contributed by atoms with Gasteiger partial charge in [0.2, 0.25) is 0 Å². The number of carboxylic acids is 1. The number of carboxylic acid groups (broad SMARTS) is 1. The summed E-state index contributed by atoms with van der Waals surface area (Å²) in [7, 11) is 0. The summed E-state index contributed by atoms with van der Waals surface area (Å²) >= 11 is 0. The van der Waals surface area contributed by atoms with Gasteiger partial charge in [-0.2, -0.15) is 0 Å². The summed E-state index contributed by atoms with van der Waals surface area (Å²) in [6.07, 6.45) is 0. The average molecular weight is 205 g/mol. The predicted molar refractivity (Wildman–Crippen MR) is 57.8 cm³/mol. The van der Waals surface area contributed by atoms with Crippen molar-refractivity contribution in [2.45, 2.75) is 25.3 Å². The van der Waals surface area contributed by atoms with Crippen molar-refractivity contribution in [3.8, 4) is 0 Å². The number of fused-ring (bicyclic) bond motifs is 1. The number of carbonyl (C=O) groups is 1. The van der Waals surface area contributed by atoms with E-state index in [1.807, 2.05) is 24.3 Å². The van der Waals surface area contributed by atoms with E-state index in [0.717, 1.165) is 11.1 Å². The lowest BCUT2D eigenvalue weighted by Crippen LogP contribution is -2.44. The van der Waals surface area contributed by atoms with Crippen molar-refractivity contribution >= 4 is 5.97 Å². The highest BCUT2D eigenvalue weighted by Gasteiger charge is 2.34. The molecule has 0 saturated heterocycles. The lowest BCUT2D eigenvalue weighted by Gasteiger charge is -2.36. The Bertz CT molecular complexity index is 398. The Hall–Kier alpha value is -1.35. The first-order valence-electron chi connectivity index (χ1n) is 5.08. The summed E-state index contributed by atoms with van der Waals surface area (Å²) in [4.78, 5) is 11.1. The highest BCUT2D eigenvalue weighted by atomic mass is 16.4. The first-order chi connectivity index (χ1) is 7.02. The van der Waals surface area contributed by atoms with Crippen molar-refractivity contribution in [3.63, 3.8) is 0 Å². The van der Waals surface area contributed by atoms with Gasteiger partial charge in [-0.1, -0.05) is 38.1 Å². The number of hydrogen-bond donors (Lipinski definition) is 2. The molecule has 1 aliphatic rings. The zero-order valence-electron chi connectivity index (χ0n) is 8.95. The third kappa shape index (κ3) is 1.63. The van der Waals surface area contributed by atoms with E-state index in [1.54, 1.807) is 0 Å². The second-order valence-electron chi connectivity index (χ2n) is 4.62. The Morgan fingerprint density at radius 2 is 2.13 bits per heavy atom. The molecule has 2 N–H and O–H groups in total. The van der Waals surface area contributed by atoms with Gasteiger partial charge in [-0.05, 0) is 11.1 Å². The van der Waals surface area contributed by atoms with Crippen LogP contribution in [0.15, 0.2) is 24.3 Å². The van der Waals surface area contributed by atoms with E-state index in [2.05, 4.69) is 19.2 Å². The number of rotatable bonds is 1. The Balaban J connectivity index is 2.53. The second kappa shape index (κ2) is 3.35. The molecule has 1 aromatic rings. The molecule has 3 nitrogen and oxygen atoms in total. The molecule has 0 unspecified atom stereocenters. The molecule has 2 rings (SSSR count). The summed E-state index contributed by atoms with van der Waals surface area (Å²) in [6.45, 7) is 4.94. The molecule has 1 heterocycles. The van der Waals surface area contributed by atoms with Crippen molar-refractivity contribution < 1.29 is 9.90 Å². The topological polar surface area (TPSA) is 49.3 Å². The van der Waals surface area contributed by atoms with Crippen LogP contribution < -0.4 is 5.32 Å². The van der Waals surface area contributed by atoms with Gasteiger partial charge in [0.15, 0.2) is 0 Å². The Morgan fingerprint density at radius 1 is 1.47 bits per heavy atom. The van der Waals surface area contributed by atoms with Gasteiger partial charge in [-0.3, -0.25) is 10.1 Å². The molecule has 0 aliphatic carbocycles. The molecular formula is C12H15NO2. The molecule has 0 bridgehead atoms. The van der Waals surface area contributed by atoms with Gasteiger partial charge in [-0.25, -0.2) is 0 Å². The van der Waals surface area contributed by atoms with Crippen molar-refractivity contribution in [2.24, 2.45) is 0 Å². The molecule has 15 heavy (non-hydrogen) atoms. The predicted octanol–water partition coefficient (Wildman–Crippen LogP) is 1.69. The van der Waals surface area contributed by atoms with Crippen LogP contribution in [0.25, 0.3) is 0 Å². The van der Waals surface area contributed by atoms with E-state index >= 15 is 0 Å². The Kier molecular flexibility index (Phi) is 2.27. The lowest BCUT2D eigenvalue weighted by atomic mass is 9.77. The van der Waals surface area contributed by atoms with Crippen LogP contribution in [0.3, 0.4) is 0 Å². The van der Waals surface area contributed by atoms with E-state index in [1.165, 1.54) is 0 Å². The molecule has 0 spiro atoms. The fraction of sp³-hybridized carbons (Fsp3) is 0.417. The minimum atomic E-state index is -0.807.